The first-order valence-electron chi connectivity index (χ1n) is 10.1. The highest BCUT2D eigenvalue weighted by Gasteiger charge is 2.39. The minimum atomic E-state index is -0.438. The molecule has 2 aliphatic rings. The molecule has 0 aliphatic carbocycles. The lowest BCUT2D eigenvalue weighted by atomic mass is 10.0. The molecule has 3 aromatic rings. The summed E-state index contributed by atoms with van der Waals surface area (Å²) in [5, 5.41) is 3.13. The highest BCUT2D eigenvalue weighted by Crippen LogP contribution is 2.36. The molecule has 3 heterocycles. The number of hydrogen-bond donors (Lipinski definition) is 1. The van der Waals surface area contributed by atoms with Crippen LogP contribution in [0.1, 0.15) is 11.3 Å². The number of amides is 2. The van der Waals surface area contributed by atoms with E-state index in [0.717, 1.165) is 0 Å². The van der Waals surface area contributed by atoms with Gasteiger partial charge in [-0.3, -0.25) is 14.5 Å². The maximum atomic E-state index is 13.3. The third-order valence-corrected chi connectivity index (χ3v) is 5.25. The second-order valence-corrected chi connectivity index (χ2v) is 7.24. The molecule has 8 heteroatoms. The van der Waals surface area contributed by atoms with Crippen molar-refractivity contribution in [2.24, 2.45) is 0 Å². The van der Waals surface area contributed by atoms with E-state index >= 15 is 0 Å². The van der Waals surface area contributed by atoms with Crippen molar-refractivity contribution in [2.45, 2.75) is 6.54 Å². The van der Waals surface area contributed by atoms with E-state index in [1.807, 2.05) is 0 Å². The van der Waals surface area contributed by atoms with Gasteiger partial charge in [-0.1, -0.05) is 12.1 Å². The minimum absolute atomic E-state index is 0.0383. The van der Waals surface area contributed by atoms with Gasteiger partial charge in [0, 0.05) is 11.8 Å². The first-order chi connectivity index (χ1) is 15.6. The molecule has 0 fully saturated rings. The lowest BCUT2D eigenvalue weighted by molar-refractivity contribution is -0.137. The van der Waals surface area contributed by atoms with Gasteiger partial charge in [-0.05, 0) is 42.0 Å². The van der Waals surface area contributed by atoms with E-state index < -0.39 is 11.8 Å². The van der Waals surface area contributed by atoms with E-state index in [-0.39, 0.29) is 17.8 Å². The largest absolute Gasteiger partial charge is 0.497 e. The van der Waals surface area contributed by atoms with Gasteiger partial charge >= 0.3 is 0 Å². The molecule has 0 saturated heterocycles. The molecule has 0 saturated carbocycles. The average molecular weight is 432 g/mol. The third-order valence-electron chi connectivity index (χ3n) is 5.25. The van der Waals surface area contributed by atoms with Crippen molar-refractivity contribution in [3.8, 4) is 17.2 Å². The fourth-order valence-electron chi connectivity index (χ4n) is 3.68. The maximum Gasteiger partial charge on any atom is 0.278 e. The quantitative estimate of drug-likeness (QED) is 0.597. The first kappa shape index (κ1) is 19.7. The van der Waals surface area contributed by atoms with E-state index in [1.54, 1.807) is 61.7 Å². The molecular formula is C24H20N2O6. The standard InChI is InChI=1S/C24H20N2O6/c1-29-17-7-4-15(5-8-17)21-22(24(28)26(23(21)27)14-18-3-2-10-30-18)25-16-6-9-19-20(13-16)32-12-11-31-19/h2-10,13,25H,11-12,14H2,1H3. The van der Waals surface area contributed by atoms with Crippen molar-refractivity contribution in [2.75, 3.05) is 25.6 Å². The summed E-state index contributed by atoms with van der Waals surface area (Å²) in [7, 11) is 1.57. The van der Waals surface area contributed by atoms with Gasteiger partial charge in [0.2, 0.25) is 0 Å². The Morgan fingerprint density at radius 1 is 0.969 bits per heavy atom. The number of ether oxygens (including phenoxy) is 3. The number of carbonyl (C=O) groups is 2. The summed E-state index contributed by atoms with van der Waals surface area (Å²) in [6.45, 7) is 0.975. The van der Waals surface area contributed by atoms with E-state index in [2.05, 4.69) is 5.32 Å². The average Bonchev–Trinajstić information content (AvgIpc) is 3.42. The molecule has 0 radical (unpaired) electrons. The van der Waals surface area contributed by atoms with Crippen molar-refractivity contribution in [1.29, 1.82) is 0 Å². The van der Waals surface area contributed by atoms with Crippen LogP contribution in [0.4, 0.5) is 5.69 Å². The number of nitrogens with one attached hydrogen (secondary N) is 1. The Bertz CT molecular complexity index is 1200. The van der Waals surface area contributed by atoms with Crippen molar-refractivity contribution < 1.29 is 28.2 Å². The topological polar surface area (TPSA) is 90.2 Å². The van der Waals surface area contributed by atoms with E-state index in [4.69, 9.17) is 18.6 Å². The monoisotopic (exact) mass is 432 g/mol. The predicted molar refractivity (Wildman–Crippen MR) is 115 cm³/mol. The van der Waals surface area contributed by atoms with E-state index in [9.17, 15) is 9.59 Å². The van der Waals surface area contributed by atoms with E-state index in [1.165, 1.54) is 11.2 Å². The summed E-state index contributed by atoms with van der Waals surface area (Å²) in [4.78, 5) is 27.8. The van der Waals surface area contributed by atoms with Crippen molar-refractivity contribution in [3.63, 3.8) is 0 Å². The van der Waals surface area contributed by atoms with Gasteiger partial charge in [-0.15, -0.1) is 0 Å². The van der Waals surface area contributed by atoms with Crippen LogP contribution in [0.5, 0.6) is 17.2 Å². The van der Waals surface area contributed by atoms with Crippen molar-refractivity contribution in [1.82, 2.24) is 4.90 Å². The van der Waals surface area contributed by atoms with Gasteiger partial charge in [-0.25, -0.2) is 0 Å². The van der Waals surface area contributed by atoms with Crippen LogP contribution in [0.2, 0.25) is 0 Å². The molecule has 0 spiro atoms. The summed E-state index contributed by atoms with van der Waals surface area (Å²) in [5.41, 5.74) is 1.67. The SMILES string of the molecule is COc1ccc(C2=C(Nc3ccc4c(c3)OCCO4)C(=O)N(Cc3ccco3)C2=O)cc1. The number of methoxy groups -OCH3 is 1. The van der Waals surface area contributed by atoms with Gasteiger partial charge < -0.3 is 23.9 Å². The lowest BCUT2D eigenvalue weighted by Gasteiger charge is -2.19. The number of hydrogen-bond acceptors (Lipinski definition) is 7. The normalized spacial score (nSPS) is 15.3. The zero-order valence-corrected chi connectivity index (χ0v) is 17.3. The lowest BCUT2D eigenvalue weighted by Crippen LogP contribution is -2.31. The van der Waals surface area contributed by atoms with Gasteiger partial charge in [0.1, 0.15) is 30.4 Å². The summed E-state index contributed by atoms with van der Waals surface area (Å²) in [6, 6.07) is 15.7. The predicted octanol–water partition coefficient (Wildman–Crippen LogP) is 3.45. The maximum absolute atomic E-state index is 13.3. The number of nitrogens with zero attached hydrogens (tertiary/aromatic N) is 1. The first-order valence-corrected chi connectivity index (χ1v) is 10.1. The Morgan fingerprint density at radius 3 is 2.47 bits per heavy atom. The Morgan fingerprint density at radius 2 is 1.75 bits per heavy atom. The smallest absolute Gasteiger partial charge is 0.278 e. The summed E-state index contributed by atoms with van der Waals surface area (Å²) in [5.74, 6) is 1.54. The molecule has 0 bridgehead atoms. The summed E-state index contributed by atoms with van der Waals surface area (Å²) >= 11 is 0. The molecule has 0 atom stereocenters. The number of furan rings is 1. The third kappa shape index (κ3) is 3.56. The molecule has 1 aromatic heterocycles. The van der Waals surface area contributed by atoms with Gasteiger partial charge in [0.15, 0.2) is 11.5 Å². The van der Waals surface area contributed by atoms with Crippen LogP contribution in [-0.2, 0) is 16.1 Å². The Kier molecular flexibility index (Phi) is 5.03. The Labute approximate surface area is 184 Å². The van der Waals surface area contributed by atoms with Crippen molar-refractivity contribution >= 4 is 23.1 Å². The fourth-order valence-corrected chi connectivity index (χ4v) is 3.68. The molecule has 2 aliphatic heterocycles. The molecule has 8 nitrogen and oxygen atoms in total. The molecule has 32 heavy (non-hydrogen) atoms. The van der Waals surface area contributed by atoms with Gasteiger partial charge in [0.05, 0.1) is 25.5 Å². The number of imide groups is 1. The summed E-state index contributed by atoms with van der Waals surface area (Å²) in [6.07, 6.45) is 1.51. The van der Waals surface area contributed by atoms with Crippen LogP contribution in [0.15, 0.2) is 71.0 Å². The van der Waals surface area contributed by atoms with Crippen LogP contribution in [0, 0.1) is 0 Å². The zero-order chi connectivity index (χ0) is 22.1. The molecule has 5 rings (SSSR count). The summed E-state index contributed by atoms with van der Waals surface area (Å²) < 4.78 is 21.8. The number of benzene rings is 2. The Hall–Kier alpha value is -4.20. The fraction of sp³-hybridized carbons (Fsp3) is 0.167. The van der Waals surface area contributed by atoms with E-state index in [0.29, 0.717) is 47.5 Å². The number of fused-ring (bicyclic) bond motifs is 1. The van der Waals surface area contributed by atoms with Crippen LogP contribution in [-0.4, -0.2) is 37.0 Å². The second kappa shape index (κ2) is 8.14. The number of rotatable bonds is 6. The molecule has 1 N–H and O–H groups in total. The molecule has 162 valence electrons. The zero-order valence-electron chi connectivity index (χ0n) is 17.3. The Balaban J connectivity index is 1.53. The highest BCUT2D eigenvalue weighted by atomic mass is 16.6. The van der Waals surface area contributed by atoms with Crippen LogP contribution >= 0.6 is 0 Å². The molecule has 0 unspecified atom stereocenters. The van der Waals surface area contributed by atoms with Gasteiger partial charge in [-0.2, -0.15) is 0 Å². The van der Waals surface area contributed by atoms with Gasteiger partial charge in [0.25, 0.3) is 11.8 Å². The van der Waals surface area contributed by atoms with Crippen LogP contribution in [0.25, 0.3) is 5.57 Å². The molecular weight excluding hydrogens is 412 g/mol. The van der Waals surface area contributed by atoms with Crippen molar-refractivity contribution in [3.05, 3.63) is 77.9 Å². The molecule has 2 aromatic carbocycles. The number of carbonyl (C=O) groups excluding carboxylic acids is 2. The van der Waals surface area contributed by atoms with Crippen LogP contribution in [0.3, 0.4) is 0 Å². The highest BCUT2D eigenvalue weighted by molar-refractivity contribution is 6.36. The second-order valence-electron chi connectivity index (χ2n) is 7.24. The van der Waals surface area contributed by atoms with Crippen LogP contribution < -0.4 is 19.5 Å². The molecule has 2 amide bonds. The number of anilines is 1. The minimum Gasteiger partial charge on any atom is -0.497 e.